The number of benzene rings is 2. The van der Waals surface area contributed by atoms with Crippen molar-refractivity contribution in [1.82, 2.24) is 5.32 Å². The zero-order chi connectivity index (χ0) is 15.2. The molecule has 0 saturated heterocycles. The smallest absolute Gasteiger partial charge is 0.132 e. The van der Waals surface area contributed by atoms with Gasteiger partial charge in [0, 0.05) is 12.1 Å². The number of hydrogen-bond acceptors (Lipinski definition) is 2. The van der Waals surface area contributed by atoms with Crippen molar-refractivity contribution >= 4 is 0 Å². The van der Waals surface area contributed by atoms with Crippen LogP contribution < -0.4 is 10.1 Å². The third kappa shape index (κ3) is 4.57. The van der Waals surface area contributed by atoms with Gasteiger partial charge >= 0.3 is 0 Å². The second-order valence-corrected chi connectivity index (χ2v) is 5.64. The van der Waals surface area contributed by atoms with E-state index in [2.05, 4.69) is 19.2 Å². The average molecular weight is 287 g/mol. The van der Waals surface area contributed by atoms with Crippen molar-refractivity contribution in [2.45, 2.75) is 27.3 Å². The summed E-state index contributed by atoms with van der Waals surface area (Å²) >= 11 is 0. The Morgan fingerprint density at radius 1 is 1.10 bits per heavy atom. The molecular formula is C18H22FNO. The van der Waals surface area contributed by atoms with Crippen molar-refractivity contribution in [3.05, 3.63) is 59.4 Å². The molecule has 2 rings (SSSR count). The van der Waals surface area contributed by atoms with Gasteiger partial charge in [-0.15, -0.1) is 0 Å². The van der Waals surface area contributed by atoms with Crippen LogP contribution in [0.2, 0.25) is 0 Å². The molecule has 0 unspecified atom stereocenters. The van der Waals surface area contributed by atoms with E-state index in [9.17, 15) is 4.39 Å². The standard InChI is InChI=1S/C18H22FNO/c1-13(2)11-20-12-15-10-16(19)8-9-18(15)21-17-7-5-4-6-14(17)3/h4-10,13,20H,11-12H2,1-3H3. The summed E-state index contributed by atoms with van der Waals surface area (Å²) in [5.41, 5.74) is 1.89. The van der Waals surface area contributed by atoms with Crippen LogP contribution >= 0.6 is 0 Å². The van der Waals surface area contributed by atoms with Gasteiger partial charge in [-0.1, -0.05) is 32.0 Å². The van der Waals surface area contributed by atoms with Gasteiger partial charge in [-0.25, -0.2) is 4.39 Å². The quantitative estimate of drug-likeness (QED) is 0.833. The van der Waals surface area contributed by atoms with E-state index in [0.717, 1.165) is 23.4 Å². The molecule has 0 heterocycles. The Morgan fingerprint density at radius 2 is 1.86 bits per heavy atom. The van der Waals surface area contributed by atoms with Gasteiger partial charge in [0.15, 0.2) is 0 Å². The Morgan fingerprint density at radius 3 is 2.57 bits per heavy atom. The highest BCUT2D eigenvalue weighted by Crippen LogP contribution is 2.28. The van der Waals surface area contributed by atoms with Crippen LogP contribution in [0.3, 0.4) is 0 Å². The van der Waals surface area contributed by atoms with E-state index in [-0.39, 0.29) is 5.82 Å². The van der Waals surface area contributed by atoms with Crippen LogP contribution in [-0.4, -0.2) is 6.54 Å². The van der Waals surface area contributed by atoms with Crippen molar-refractivity contribution in [1.29, 1.82) is 0 Å². The molecule has 2 aromatic rings. The highest BCUT2D eigenvalue weighted by atomic mass is 19.1. The van der Waals surface area contributed by atoms with Crippen LogP contribution in [0.5, 0.6) is 11.5 Å². The molecule has 0 amide bonds. The number of halogens is 1. The van der Waals surface area contributed by atoms with E-state index < -0.39 is 0 Å². The van der Waals surface area contributed by atoms with E-state index in [1.165, 1.54) is 12.1 Å². The molecule has 3 heteroatoms. The fourth-order valence-electron chi connectivity index (χ4n) is 2.07. The molecule has 0 aliphatic carbocycles. The Hall–Kier alpha value is -1.87. The average Bonchev–Trinajstić information content (AvgIpc) is 2.43. The van der Waals surface area contributed by atoms with Gasteiger partial charge in [0.25, 0.3) is 0 Å². The van der Waals surface area contributed by atoms with Gasteiger partial charge < -0.3 is 10.1 Å². The first-order valence-corrected chi connectivity index (χ1v) is 7.29. The van der Waals surface area contributed by atoms with Gasteiger partial charge in [0.05, 0.1) is 0 Å². The zero-order valence-corrected chi connectivity index (χ0v) is 12.8. The SMILES string of the molecule is Cc1ccccc1Oc1ccc(F)cc1CNCC(C)C. The second-order valence-electron chi connectivity index (χ2n) is 5.64. The monoisotopic (exact) mass is 287 g/mol. The molecule has 0 fully saturated rings. The number of para-hydroxylation sites is 1. The molecule has 0 aliphatic heterocycles. The maximum atomic E-state index is 13.5. The van der Waals surface area contributed by atoms with E-state index in [4.69, 9.17) is 4.74 Å². The molecule has 0 aromatic heterocycles. The van der Waals surface area contributed by atoms with Gasteiger partial charge in [-0.3, -0.25) is 0 Å². The molecule has 0 radical (unpaired) electrons. The molecule has 112 valence electrons. The predicted molar refractivity (Wildman–Crippen MR) is 84.2 cm³/mol. The van der Waals surface area contributed by atoms with E-state index in [1.54, 1.807) is 6.07 Å². The lowest BCUT2D eigenvalue weighted by atomic mass is 10.1. The van der Waals surface area contributed by atoms with Crippen molar-refractivity contribution in [3.8, 4) is 11.5 Å². The summed E-state index contributed by atoms with van der Waals surface area (Å²) < 4.78 is 19.4. The summed E-state index contributed by atoms with van der Waals surface area (Å²) in [6.45, 7) is 7.76. The summed E-state index contributed by atoms with van der Waals surface area (Å²) in [6, 6.07) is 12.5. The van der Waals surface area contributed by atoms with Crippen LogP contribution in [0.15, 0.2) is 42.5 Å². The Bertz CT molecular complexity index is 596. The minimum absolute atomic E-state index is 0.242. The maximum Gasteiger partial charge on any atom is 0.132 e. The topological polar surface area (TPSA) is 21.3 Å². The molecule has 0 atom stereocenters. The third-order valence-electron chi connectivity index (χ3n) is 3.20. The molecular weight excluding hydrogens is 265 g/mol. The van der Waals surface area contributed by atoms with Crippen molar-refractivity contribution in [3.63, 3.8) is 0 Å². The molecule has 0 aliphatic rings. The van der Waals surface area contributed by atoms with Gasteiger partial charge in [-0.2, -0.15) is 0 Å². The number of hydrogen-bond donors (Lipinski definition) is 1. The van der Waals surface area contributed by atoms with Gasteiger partial charge in [-0.05, 0) is 49.2 Å². The largest absolute Gasteiger partial charge is 0.457 e. The minimum atomic E-state index is -0.242. The predicted octanol–water partition coefficient (Wildman–Crippen LogP) is 4.67. The fourth-order valence-corrected chi connectivity index (χ4v) is 2.07. The molecule has 21 heavy (non-hydrogen) atoms. The highest BCUT2D eigenvalue weighted by molar-refractivity contribution is 5.41. The summed E-state index contributed by atoms with van der Waals surface area (Å²) in [4.78, 5) is 0. The highest BCUT2D eigenvalue weighted by Gasteiger charge is 2.08. The van der Waals surface area contributed by atoms with E-state index >= 15 is 0 Å². The molecule has 0 saturated carbocycles. The van der Waals surface area contributed by atoms with Crippen molar-refractivity contribution in [2.75, 3.05) is 6.54 Å². The van der Waals surface area contributed by atoms with Gasteiger partial charge in [0.1, 0.15) is 17.3 Å². The van der Waals surface area contributed by atoms with Crippen LogP contribution in [0.1, 0.15) is 25.0 Å². The lowest BCUT2D eigenvalue weighted by Crippen LogP contribution is -2.19. The summed E-state index contributed by atoms with van der Waals surface area (Å²) in [5.74, 6) is 1.81. The number of aryl methyl sites for hydroxylation is 1. The molecule has 2 aromatic carbocycles. The summed E-state index contributed by atoms with van der Waals surface area (Å²) in [7, 11) is 0. The summed E-state index contributed by atoms with van der Waals surface area (Å²) in [6.07, 6.45) is 0. The molecule has 2 nitrogen and oxygen atoms in total. The number of nitrogens with one attached hydrogen (secondary N) is 1. The van der Waals surface area contributed by atoms with Crippen LogP contribution in [0, 0.1) is 18.7 Å². The normalized spacial score (nSPS) is 10.9. The van der Waals surface area contributed by atoms with E-state index in [0.29, 0.717) is 18.2 Å². The number of rotatable bonds is 6. The lowest BCUT2D eigenvalue weighted by molar-refractivity contribution is 0.463. The molecule has 1 N–H and O–H groups in total. The molecule has 0 bridgehead atoms. The fraction of sp³-hybridized carbons (Fsp3) is 0.333. The first kappa shape index (κ1) is 15.5. The number of ether oxygens (including phenoxy) is 1. The van der Waals surface area contributed by atoms with Gasteiger partial charge in [0.2, 0.25) is 0 Å². The first-order chi connectivity index (χ1) is 10.1. The Kier molecular flexibility index (Phi) is 5.34. The second kappa shape index (κ2) is 7.23. The van der Waals surface area contributed by atoms with Crippen LogP contribution in [0.25, 0.3) is 0 Å². The van der Waals surface area contributed by atoms with Crippen molar-refractivity contribution < 1.29 is 9.13 Å². The minimum Gasteiger partial charge on any atom is -0.457 e. The Labute approximate surface area is 126 Å². The Balaban J connectivity index is 2.16. The zero-order valence-electron chi connectivity index (χ0n) is 12.8. The maximum absolute atomic E-state index is 13.5. The van der Waals surface area contributed by atoms with E-state index in [1.807, 2.05) is 31.2 Å². The van der Waals surface area contributed by atoms with Crippen molar-refractivity contribution in [2.24, 2.45) is 5.92 Å². The summed E-state index contributed by atoms with van der Waals surface area (Å²) in [5, 5.41) is 3.32. The lowest BCUT2D eigenvalue weighted by Gasteiger charge is -2.14. The first-order valence-electron chi connectivity index (χ1n) is 7.29. The van der Waals surface area contributed by atoms with Crippen LogP contribution in [-0.2, 0) is 6.54 Å². The molecule has 0 spiro atoms. The third-order valence-corrected chi connectivity index (χ3v) is 3.20. The van der Waals surface area contributed by atoms with Crippen LogP contribution in [0.4, 0.5) is 4.39 Å².